The molecule has 2 N–H and O–H groups in total. The molecule has 27 heavy (non-hydrogen) atoms. The van der Waals surface area contributed by atoms with Crippen LogP contribution in [-0.2, 0) is 10.5 Å². The second-order valence-electron chi connectivity index (χ2n) is 5.32. The van der Waals surface area contributed by atoms with Gasteiger partial charge in [-0.05, 0) is 29.8 Å². The van der Waals surface area contributed by atoms with Gasteiger partial charge >= 0.3 is 0 Å². The number of halogens is 1. The van der Waals surface area contributed by atoms with Crippen LogP contribution in [0.1, 0.15) is 22.5 Å². The number of nitrogens with zero attached hydrogens (tertiary/aromatic N) is 2. The average molecular weight is 406 g/mol. The average Bonchev–Trinajstić information content (AvgIpc) is 3.33. The first kappa shape index (κ1) is 19.1. The fourth-order valence-corrected chi connectivity index (χ4v) is 3.73. The maximum atomic E-state index is 12.9. The molecule has 1 aromatic carbocycles. The smallest absolute Gasteiger partial charge is 0.286 e. The molecule has 2 aromatic heterocycles. The molecule has 0 saturated carbocycles. The molecule has 10 heteroatoms. The number of thioether (sulfide) groups is 1. The number of hydrogen-bond donors (Lipinski definition) is 2. The number of anilines is 1. The van der Waals surface area contributed by atoms with Crippen molar-refractivity contribution in [3.63, 3.8) is 0 Å². The SMILES string of the molecule is O=C(CCNC(=O)c1ccco1)Nc1nnc(SCc2ccc(F)cc2)s1. The van der Waals surface area contributed by atoms with Gasteiger partial charge in [0, 0.05) is 18.7 Å². The number of benzene rings is 1. The number of carbonyl (C=O) groups is 2. The van der Waals surface area contributed by atoms with Crippen LogP contribution in [0.4, 0.5) is 9.52 Å². The van der Waals surface area contributed by atoms with E-state index in [1.807, 2.05) is 0 Å². The lowest BCUT2D eigenvalue weighted by Crippen LogP contribution is -2.27. The number of hydrogen-bond acceptors (Lipinski definition) is 7. The van der Waals surface area contributed by atoms with Crippen molar-refractivity contribution in [2.45, 2.75) is 16.5 Å². The van der Waals surface area contributed by atoms with Crippen LogP contribution in [0.25, 0.3) is 0 Å². The molecule has 0 aliphatic heterocycles. The first-order valence-electron chi connectivity index (χ1n) is 7.92. The van der Waals surface area contributed by atoms with E-state index in [0.29, 0.717) is 15.2 Å². The van der Waals surface area contributed by atoms with E-state index in [2.05, 4.69) is 20.8 Å². The van der Waals surface area contributed by atoms with Gasteiger partial charge in [0.05, 0.1) is 6.26 Å². The molecule has 0 spiro atoms. The second-order valence-corrected chi connectivity index (χ2v) is 7.52. The monoisotopic (exact) mass is 406 g/mol. The zero-order valence-corrected chi connectivity index (χ0v) is 15.6. The highest BCUT2D eigenvalue weighted by Crippen LogP contribution is 2.28. The van der Waals surface area contributed by atoms with E-state index in [1.165, 1.54) is 41.5 Å². The van der Waals surface area contributed by atoms with Crippen molar-refractivity contribution in [1.29, 1.82) is 0 Å². The number of carbonyl (C=O) groups excluding carboxylic acids is 2. The zero-order chi connectivity index (χ0) is 19.1. The molecule has 0 fully saturated rings. The van der Waals surface area contributed by atoms with Gasteiger partial charge in [-0.25, -0.2) is 4.39 Å². The first-order chi connectivity index (χ1) is 13.1. The van der Waals surface area contributed by atoms with Crippen LogP contribution in [-0.4, -0.2) is 28.6 Å². The lowest BCUT2D eigenvalue weighted by atomic mass is 10.2. The number of rotatable bonds is 8. The highest BCUT2D eigenvalue weighted by molar-refractivity contribution is 8.00. The topological polar surface area (TPSA) is 97.1 Å². The number of nitrogens with one attached hydrogen (secondary N) is 2. The molecule has 7 nitrogen and oxygen atoms in total. The normalized spacial score (nSPS) is 10.6. The fraction of sp³-hybridized carbons (Fsp3) is 0.176. The van der Waals surface area contributed by atoms with Crippen LogP contribution >= 0.6 is 23.1 Å². The molecule has 140 valence electrons. The minimum absolute atomic E-state index is 0.101. The maximum absolute atomic E-state index is 12.9. The second kappa shape index (κ2) is 9.28. The summed E-state index contributed by atoms with van der Waals surface area (Å²) in [5.74, 6) is -0.0988. The van der Waals surface area contributed by atoms with Gasteiger partial charge in [0.15, 0.2) is 10.1 Å². The van der Waals surface area contributed by atoms with E-state index in [4.69, 9.17) is 4.42 Å². The highest BCUT2D eigenvalue weighted by atomic mass is 32.2. The molecule has 0 atom stereocenters. The highest BCUT2D eigenvalue weighted by Gasteiger charge is 2.11. The molecule has 0 saturated heterocycles. The predicted molar refractivity (Wildman–Crippen MR) is 100 cm³/mol. The summed E-state index contributed by atoms with van der Waals surface area (Å²) >= 11 is 2.71. The zero-order valence-electron chi connectivity index (χ0n) is 14.0. The molecule has 3 aromatic rings. The third-order valence-corrected chi connectivity index (χ3v) is 5.35. The van der Waals surface area contributed by atoms with Gasteiger partial charge in [-0.1, -0.05) is 35.2 Å². The Kier molecular flexibility index (Phi) is 6.55. The fourth-order valence-electron chi connectivity index (χ4n) is 2.01. The summed E-state index contributed by atoms with van der Waals surface area (Å²) in [6.45, 7) is 0.177. The summed E-state index contributed by atoms with van der Waals surface area (Å²) in [6.07, 6.45) is 1.51. The summed E-state index contributed by atoms with van der Waals surface area (Å²) in [5.41, 5.74) is 0.967. The van der Waals surface area contributed by atoms with Gasteiger partial charge in [-0.2, -0.15) is 0 Å². The Bertz CT molecular complexity index is 897. The van der Waals surface area contributed by atoms with Gasteiger partial charge < -0.3 is 15.1 Å². The third-order valence-electron chi connectivity index (χ3n) is 3.31. The van der Waals surface area contributed by atoms with Gasteiger partial charge in [0.1, 0.15) is 5.82 Å². The summed E-state index contributed by atoms with van der Waals surface area (Å²) in [4.78, 5) is 23.6. The lowest BCUT2D eigenvalue weighted by molar-refractivity contribution is -0.116. The Morgan fingerprint density at radius 3 is 2.74 bits per heavy atom. The van der Waals surface area contributed by atoms with Gasteiger partial charge in [-0.3, -0.25) is 9.59 Å². The van der Waals surface area contributed by atoms with Gasteiger partial charge in [0.2, 0.25) is 11.0 Å². The van der Waals surface area contributed by atoms with E-state index < -0.39 is 0 Å². The number of aromatic nitrogens is 2. The predicted octanol–water partition coefficient (Wildman–Crippen LogP) is 3.32. The van der Waals surface area contributed by atoms with Gasteiger partial charge in [-0.15, -0.1) is 10.2 Å². The molecule has 0 aliphatic carbocycles. The molecular weight excluding hydrogens is 391 g/mol. The van der Waals surface area contributed by atoms with E-state index in [-0.39, 0.29) is 36.4 Å². The minimum atomic E-state index is -0.372. The third kappa shape index (κ3) is 5.90. The lowest BCUT2D eigenvalue weighted by Gasteiger charge is -2.03. The molecule has 2 amide bonds. The molecule has 0 unspecified atom stereocenters. The van der Waals surface area contributed by atoms with Crippen LogP contribution < -0.4 is 10.6 Å². The summed E-state index contributed by atoms with van der Waals surface area (Å²) in [5, 5.41) is 13.5. The summed E-state index contributed by atoms with van der Waals surface area (Å²) < 4.78 is 18.5. The van der Waals surface area contributed by atoms with Crippen molar-refractivity contribution in [1.82, 2.24) is 15.5 Å². The molecule has 0 bridgehead atoms. The van der Waals surface area contributed by atoms with E-state index in [9.17, 15) is 14.0 Å². The Morgan fingerprint density at radius 2 is 2.00 bits per heavy atom. The summed E-state index contributed by atoms with van der Waals surface area (Å²) in [6, 6.07) is 9.40. The Morgan fingerprint density at radius 1 is 1.19 bits per heavy atom. The van der Waals surface area contributed by atoms with E-state index >= 15 is 0 Å². The molecule has 0 radical (unpaired) electrons. The number of furan rings is 1. The van der Waals surface area contributed by atoms with Crippen LogP contribution in [0, 0.1) is 5.82 Å². The van der Waals surface area contributed by atoms with Crippen molar-refractivity contribution in [2.24, 2.45) is 0 Å². The Balaban J connectivity index is 1.39. The van der Waals surface area contributed by atoms with Crippen molar-refractivity contribution < 1.29 is 18.4 Å². The minimum Gasteiger partial charge on any atom is -0.459 e. The maximum Gasteiger partial charge on any atom is 0.286 e. The molecule has 2 heterocycles. The van der Waals surface area contributed by atoms with E-state index in [0.717, 1.165) is 5.56 Å². The first-order valence-corrected chi connectivity index (χ1v) is 9.72. The van der Waals surface area contributed by atoms with Crippen molar-refractivity contribution in [3.8, 4) is 0 Å². The Labute approximate surface area is 162 Å². The van der Waals surface area contributed by atoms with Crippen molar-refractivity contribution >= 4 is 40.0 Å². The Hall–Kier alpha value is -2.72. The molecule has 3 rings (SSSR count). The quantitative estimate of drug-likeness (QED) is 0.440. The molecular formula is C17H15FN4O3S2. The van der Waals surface area contributed by atoms with Gasteiger partial charge in [0.25, 0.3) is 5.91 Å². The number of amides is 2. The van der Waals surface area contributed by atoms with Crippen LogP contribution in [0.15, 0.2) is 51.4 Å². The molecule has 0 aliphatic rings. The van der Waals surface area contributed by atoms with Crippen LogP contribution in [0.3, 0.4) is 0 Å². The standard InChI is InChI=1S/C17H15FN4O3S2/c18-12-5-3-11(4-6-12)10-26-17-22-21-16(27-17)20-14(23)7-8-19-15(24)13-2-1-9-25-13/h1-6,9H,7-8,10H2,(H,19,24)(H,20,21,23). The summed E-state index contributed by atoms with van der Waals surface area (Å²) in [7, 11) is 0. The largest absolute Gasteiger partial charge is 0.459 e. The van der Waals surface area contributed by atoms with Crippen molar-refractivity contribution in [3.05, 3.63) is 59.8 Å². The van der Waals surface area contributed by atoms with Crippen LogP contribution in [0.2, 0.25) is 0 Å². The van der Waals surface area contributed by atoms with E-state index in [1.54, 1.807) is 24.3 Å². The van der Waals surface area contributed by atoms with Crippen molar-refractivity contribution in [2.75, 3.05) is 11.9 Å². The van der Waals surface area contributed by atoms with Crippen LogP contribution in [0.5, 0.6) is 0 Å².